The van der Waals surface area contributed by atoms with Gasteiger partial charge in [-0.3, -0.25) is 14.3 Å². The van der Waals surface area contributed by atoms with E-state index in [4.69, 9.17) is 4.98 Å². The van der Waals surface area contributed by atoms with Gasteiger partial charge in [0.05, 0.1) is 11.9 Å². The Morgan fingerprint density at radius 2 is 1.95 bits per heavy atom. The zero-order valence-electron chi connectivity index (χ0n) is 14.2. The maximum atomic E-state index is 12.9. The van der Waals surface area contributed by atoms with E-state index >= 15 is 0 Å². The van der Waals surface area contributed by atoms with Crippen molar-refractivity contribution in [1.82, 2.24) is 14.5 Å². The highest BCUT2D eigenvalue weighted by Crippen LogP contribution is 2.26. The molecule has 0 aliphatic rings. The number of thiophene rings is 1. The van der Waals surface area contributed by atoms with Gasteiger partial charge in [0.1, 0.15) is 10.7 Å². The predicted molar refractivity (Wildman–Crippen MR) is 94.8 cm³/mol. The summed E-state index contributed by atoms with van der Waals surface area (Å²) in [5.74, 6) is 0.838. The molecule has 120 valence electrons. The molecule has 22 heavy (non-hydrogen) atoms. The van der Waals surface area contributed by atoms with Gasteiger partial charge in [-0.15, -0.1) is 11.3 Å². The second-order valence-corrected chi connectivity index (χ2v) is 7.00. The van der Waals surface area contributed by atoms with Crippen molar-refractivity contribution in [3.8, 4) is 0 Å². The highest BCUT2D eigenvalue weighted by atomic mass is 32.1. The lowest BCUT2D eigenvalue weighted by molar-refractivity contribution is 0.282. The van der Waals surface area contributed by atoms with Crippen LogP contribution in [-0.4, -0.2) is 27.5 Å². The third-order valence-electron chi connectivity index (χ3n) is 4.06. The molecule has 0 atom stereocenters. The smallest absolute Gasteiger partial charge is 0.262 e. The fourth-order valence-electron chi connectivity index (χ4n) is 2.57. The third kappa shape index (κ3) is 3.15. The summed E-state index contributed by atoms with van der Waals surface area (Å²) in [5.41, 5.74) is 2.09. The molecular weight excluding hydrogens is 294 g/mol. The molecule has 0 aromatic carbocycles. The Labute approximate surface area is 136 Å². The van der Waals surface area contributed by atoms with Gasteiger partial charge in [-0.25, -0.2) is 4.98 Å². The van der Waals surface area contributed by atoms with Crippen LogP contribution in [0.5, 0.6) is 0 Å². The average Bonchev–Trinajstić information content (AvgIpc) is 2.75. The molecule has 0 unspecified atom stereocenters. The molecule has 0 fully saturated rings. The summed E-state index contributed by atoms with van der Waals surface area (Å²) < 4.78 is 1.79. The molecule has 2 aromatic heterocycles. The molecular formula is C17H25N3OS. The maximum absolute atomic E-state index is 12.9. The predicted octanol–water partition coefficient (Wildman–Crippen LogP) is 3.49. The Balaban J connectivity index is 2.67. The lowest BCUT2D eigenvalue weighted by atomic mass is 10.2. The molecule has 0 spiro atoms. The minimum Gasteiger partial charge on any atom is -0.297 e. The minimum absolute atomic E-state index is 0.0667. The Bertz CT molecular complexity index is 753. The van der Waals surface area contributed by atoms with E-state index in [-0.39, 0.29) is 5.56 Å². The second kappa shape index (κ2) is 6.75. The van der Waals surface area contributed by atoms with Gasteiger partial charge in [-0.05, 0) is 39.4 Å². The van der Waals surface area contributed by atoms with Gasteiger partial charge in [-0.2, -0.15) is 0 Å². The molecule has 2 aromatic rings. The molecule has 0 N–H and O–H groups in total. The quantitative estimate of drug-likeness (QED) is 0.765. The van der Waals surface area contributed by atoms with Crippen molar-refractivity contribution < 1.29 is 0 Å². The molecule has 2 rings (SSSR count). The van der Waals surface area contributed by atoms with Gasteiger partial charge in [-0.1, -0.05) is 26.0 Å². The molecule has 4 nitrogen and oxygen atoms in total. The van der Waals surface area contributed by atoms with Crippen molar-refractivity contribution >= 4 is 21.6 Å². The summed E-state index contributed by atoms with van der Waals surface area (Å²) in [7, 11) is 0. The van der Waals surface area contributed by atoms with Gasteiger partial charge in [0.15, 0.2) is 0 Å². The van der Waals surface area contributed by atoms with Crippen LogP contribution >= 0.6 is 11.3 Å². The van der Waals surface area contributed by atoms with Crippen LogP contribution in [0.25, 0.3) is 10.2 Å². The first kappa shape index (κ1) is 16.9. The fraction of sp³-hybridized carbons (Fsp3) is 0.529. The Kier molecular flexibility index (Phi) is 5.19. The number of fused-ring (bicyclic) bond motifs is 1. The lowest BCUT2D eigenvalue weighted by Crippen LogP contribution is -2.31. The van der Waals surface area contributed by atoms with Crippen molar-refractivity contribution in [2.45, 2.75) is 47.7 Å². The van der Waals surface area contributed by atoms with Crippen LogP contribution in [0.1, 0.15) is 37.0 Å². The van der Waals surface area contributed by atoms with E-state index in [1.54, 1.807) is 15.9 Å². The highest BCUT2D eigenvalue weighted by Gasteiger charge is 2.17. The van der Waals surface area contributed by atoms with E-state index in [1.165, 1.54) is 4.88 Å². The maximum Gasteiger partial charge on any atom is 0.262 e. The molecule has 0 aliphatic carbocycles. The topological polar surface area (TPSA) is 38.1 Å². The fourth-order valence-corrected chi connectivity index (χ4v) is 3.61. The summed E-state index contributed by atoms with van der Waals surface area (Å²) in [5, 5.41) is 0.770. The molecule has 0 radical (unpaired) electrons. The first-order valence-electron chi connectivity index (χ1n) is 7.75. The van der Waals surface area contributed by atoms with Crippen LogP contribution in [0, 0.1) is 13.8 Å². The summed E-state index contributed by atoms with van der Waals surface area (Å²) >= 11 is 1.61. The van der Waals surface area contributed by atoms with Crippen molar-refractivity contribution in [2.24, 2.45) is 0 Å². The van der Waals surface area contributed by atoms with Crippen molar-refractivity contribution in [1.29, 1.82) is 0 Å². The number of aromatic nitrogens is 2. The molecule has 0 aliphatic heterocycles. The van der Waals surface area contributed by atoms with Gasteiger partial charge in [0.2, 0.25) is 0 Å². The molecule has 5 heteroatoms. The van der Waals surface area contributed by atoms with Crippen molar-refractivity contribution in [3.05, 3.63) is 38.8 Å². The largest absolute Gasteiger partial charge is 0.297 e. The van der Waals surface area contributed by atoms with Crippen LogP contribution in [0.2, 0.25) is 0 Å². The van der Waals surface area contributed by atoms with E-state index in [2.05, 4.69) is 25.3 Å². The Hall–Kier alpha value is -1.46. The van der Waals surface area contributed by atoms with Gasteiger partial charge in [0, 0.05) is 11.4 Å². The molecule has 2 heterocycles. The van der Waals surface area contributed by atoms with Crippen LogP contribution in [0.4, 0.5) is 0 Å². The SMILES string of the molecule is C=C(C)Cn1c(CN(CC)CC)nc2sc(C)c(C)c2c1=O. The van der Waals surface area contributed by atoms with E-state index in [0.29, 0.717) is 13.1 Å². The first-order valence-corrected chi connectivity index (χ1v) is 8.56. The Morgan fingerprint density at radius 1 is 1.32 bits per heavy atom. The van der Waals surface area contributed by atoms with E-state index in [1.807, 2.05) is 20.8 Å². The molecule has 0 amide bonds. The van der Waals surface area contributed by atoms with Crippen molar-refractivity contribution in [3.63, 3.8) is 0 Å². The normalized spacial score (nSPS) is 11.5. The molecule has 0 saturated carbocycles. The first-order chi connectivity index (χ1) is 10.4. The monoisotopic (exact) mass is 319 g/mol. The number of hydrogen-bond donors (Lipinski definition) is 0. The number of rotatable bonds is 6. The molecule has 0 saturated heterocycles. The van der Waals surface area contributed by atoms with Crippen LogP contribution in [-0.2, 0) is 13.1 Å². The summed E-state index contributed by atoms with van der Waals surface area (Å²) in [4.78, 5) is 22.1. The zero-order chi connectivity index (χ0) is 16.4. The zero-order valence-corrected chi connectivity index (χ0v) is 15.0. The molecule has 0 bridgehead atoms. The van der Waals surface area contributed by atoms with Gasteiger partial charge >= 0.3 is 0 Å². The van der Waals surface area contributed by atoms with E-state index < -0.39 is 0 Å². The average molecular weight is 319 g/mol. The standard InChI is InChI=1S/C17H25N3OS/c1-7-19(8-2)10-14-18-16-15(12(5)13(6)22-16)17(21)20(14)9-11(3)4/h3,7-10H2,1-2,4-6H3. The number of aryl methyl sites for hydroxylation is 2. The summed E-state index contributed by atoms with van der Waals surface area (Å²) in [6.45, 7) is 17.3. The Morgan fingerprint density at radius 3 is 2.50 bits per heavy atom. The number of allylic oxidation sites excluding steroid dienone is 1. The second-order valence-electron chi connectivity index (χ2n) is 5.80. The number of nitrogens with zero attached hydrogens (tertiary/aromatic N) is 3. The minimum atomic E-state index is 0.0667. The van der Waals surface area contributed by atoms with Gasteiger partial charge < -0.3 is 0 Å². The van der Waals surface area contributed by atoms with Crippen LogP contribution in [0.15, 0.2) is 16.9 Å². The van der Waals surface area contributed by atoms with Crippen LogP contribution < -0.4 is 5.56 Å². The van der Waals surface area contributed by atoms with Gasteiger partial charge in [0.25, 0.3) is 5.56 Å². The third-order valence-corrected chi connectivity index (χ3v) is 5.16. The van der Waals surface area contributed by atoms with Crippen molar-refractivity contribution in [2.75, 3.05) is 13.1 Å². The van der Waals surface area contributed by atoms with E-state index in [0.717, 1.165) is 40.3 Å². The number of hydrogen-bond acceptors (Lipinski definition) is 4. The summed E-state index contributed by atoms with van der Waals surface area (Å²) in [6, 6.07) is 0. The lowest BCUT2D eigenvalue weighted by Gasteiger charge is -2.20. The summed E-state index contributed by atoms with van der Waals surface area (Å²) in [6.07, 6.45) is 0. The van der Waals surface area contributed by atoms with Crippen LogP contribution in [0.3, 0.4) is 0 Å². The van der Waals surface area contributed by atoms with E-state index in [9.17, 15) is 4.79 Å². The highest BCUT2D eigenvalue weighted by molar-refractivity contribution is 7.18.